The van der Waals surface area contributed by atoms with Crippen molar-refractivity contribution in [3.8, 4) is 0 Å². The molecule has 1 aliphatic carbocycles. The van der Waals surface area contributed by atoms with E-state index >= 15 is 0 Å². The highest BCUT2D eigenvalue weighted by Crippen LogP contribution is 2.40. The van der Waals surface area contributed by atoms with Gasteiger partial charge in [0, 0.05) is 33.4 Å². The summed E-state index contributed by atoms with van der Waals surface area (Å²) in [5, 5.41) is 7.31. The number of rotatable bonds is 4. The second-order valence-electron chi connectivity index (χ2n) is 6.09. The first kappa shape index (κ1) is 17.2. The van der Waals surface area contributed by atoms with Gasteiger partial charge in [0.15, 0.2) is 11.3 Å². The van der Waals surface area contributed by atoms with Crippen LogP contribution in [0.3, 0.4) is 0 Å². The van der Waals surface area contributed by atoms with E-state index < -0.39 is 12.3 Å². The molecule has 0 saturated heterocycles. The van der Waals surface area contributed by atoms with Gasteiger partial charge in [0.2, 0.25) is 0 Å². The van der Waals surface area contributed by atoms with Gasteiger partial charge >= 0.3 is 0 Å². The highest BCUT2D eigenvalue weighted by atomic mass is 35.5. The molecule has 134 valence electrons. The molecule has 0 radical (unpaired) electrons. The molecule has 0 unspecified atom stereocenters. The minimum absolute atomic E-state index is 0.0246. The van der Waals surface area contributed by atoms with Gasteiger partial charge < -0.3 is 5.32 Å². The molecule has 1 N–H and O–H groups in total. The molecule has 1 fully saturated rings. The van der Waals surface area contributed by atoms with E-state index in [-0.39, 0.29) is 23.0 Å². The van der Waals surface area contributed by atoms with Crippen LogP contribution < -0.4 is 5.32 Å². The van der Waals surface area contributed by atoms with Gasteiger partial charge in [0.1, 0.15) is 5.69 Å². The number of nitrogens with one attached hydrogen (secondary N) is 1. The van der Waals surface area contributed by atoms with Crippen LogP contribution in [0.1, 0.15) is 47.1 Å². The van der Waals surface area contributed by atoms with Gasteiger partial charge in [-0.1, -0.05) is 23.2 Å². The van der Waals surface area contributed by atoms with Crippen LogP contribution in [0.25, 0.3) is 5.65 Å². The normalized spacial score (nSPS) is 14.2. The summed E-state index contributed by atoms with van der Waals surface area (Å²) >= 11 is 11.8. The molecule has 0 atom stereocenters. The van der Waals surface area contributed by atoms with Crippen LogP contribution in [0.15, 0.2) is 30.3 Å². The molecule has 0 bridgehead atoms. The van der Waals surface area contributed by atoms with E-state index in [9.17, 15) is 13.6 Å². The van der Waals surface area contributed by atoms with E-state index in [4.69, 9.17) is 23.2 Å². The first-order chi connectivity index (χ1) is 12.4. The zero-order valence-corrected chi connectivity index (χ0v) is 14.7. The van der Waals surface area contributed by atoms with Crippen molar-refractivity contribution in [2.45, 2.75) is 25.2 Å². The zero-order chi connectivity index (χ0) is 18.4. The number of carbonyl (C=O) groups is 1. The molecule has 3 aromatic rings. The molecular weight excluding hydrogens is 385 g/mol. The van der Waals surface area contributed by atoms with Crippen molar-refractivity contribution < 1.29 is 13.6 Å². The van der Waals surface area contributed by atoms with E-state index in [1.807, 2.05) is 0 Å². The summed E-state index contributed by atoms with van der Waals surface area (Å²) in [7, 11) is 0. The summed E-state index contributed by atoms with van der Waals surface area (Å²) in [6.07, 6.45) is -0.855. The Balaban J connectivity index is 1.70. The molecule has 1 aromatic carbocycles. The maximum Gasteiger partial charge on any atom is 0.280 e. The van der Waals surface area contributed by atoms with Gasteiger partial charge in [-0.25, -0.2) is 18.3 Å². The molecule has 2 aromatic heterocycles. The molecule has 1 aliphatic rings. The van der Waals surface area contributed by atoms with Gasteiger partial charge in [0.05, 0.1) is 0 Å². The number of fused-ring (bicyclic) bond motifs is 1. The molecule has 1 saturated carbocycles. The monoisotopic (exact) mass is 396 g/mol. The van der Waals surface area contributed by atoms with Crippen LogP contribution in [0, 0.1) is 0 Å². The average Bonchev–Trinajstić information content (AvgIpc) is 3.31. The smallest absolute Gasteiger partial charge is 0.280 e. The standard InChI is InChI=1S/C17H12Cl2F2N4O/c18-9-3-10(19)5-11(4-9)22-17(26)13-7-15-23-12(8-1-2-8)6-14(16(20)21)25(15)24-13/h3-8,16H,1-2H2,(H,22,26). The van der Waals surface area contributed by atoms with Crippen molar-refractivity contribution in [2.24, 2.45) is 0 Å². The lowest BCUT2D eigenvalue weighted by atomic mass is 10.2. The summed E-state index contributed by atoms with van der Waals surface area (Å²) < 4.78 is 27.8. The van der Waals surface area contributed by atoms with Crippen LogP contribution in [-0.4, -0.2) is 20.5 Å². The SMILES string of the molecule is O=C(Nc1cc(Cl)cc(Cl)c1)c1cc2nc(C3CC3)cc(C(F)F)n2n1. The number of carbonyl (C=O) groups excluding carboxylic acids is 1. The van der Waals surface area contributed by atoms with Crippen LogP contribution >= 0.6 is 23.2 Å². The molecule has 4 rings (SSSR count). The number of hydrogen-bond acceptors (Lipinski definition) is 3. The van der Waals surface area contributed by atoms with Crippen LogP contribution in [0.2, 0.25) is 10.0 Å². The molecule has 9 heteroatoms. The van der Waals surface area contributed by atoms with Crippen molar-refractivity contribution in [2.75, 3.05) is 5.32 Å². The molecule has 0 spiro atoms. The summed E-state index contributed by atoms with van der Waals surface area (Å²) in [6.45, 7) is 0. The van der Waals surface area contributed by atoms with Gasteiger partial charge in [-0.3, -0.25) is 4.79 Å². The Hall–Kier alpha value is -2.25. The lowest BCUT2D eigenvalue weighted by molar-refractivity contribution is 0.102. The summed E-state index contributed by atoms with van der Waals surface area (Å²) in [5.74, 6) is -0.361. The minimum Gasteiger partial charge on any atom is -0.320 e. The number of benzene rings is 1. The average molecular weight is 397 g/mol. The molecular formula is C17H12Cl2F2N4O. The van der Waals surface area contributed by atoms with Crippen LogP contribution in [0.4, 0.5) is 14.5 Å². The first-order valence-corrected chi connectivity index (χ1v) is 8.62. The second kappa shape index (κ2) is 6.48. The summed E-state index contributed by atoms with van der Waals surface area (Å²) in [6, 6.07) is 7.33. The van der Waals surface area contributed by atoms with Crippen molar-refractivity contribution in [1.82, 2.24) is 14.6 Å². The fourth-order valence-electron chi connectivity index (χ4n) is 2.69. The van der Waals surface area contributed by atoms with E-state index in [0.29, 0.717) is 21.4 Å². The van der Waals surface area contributed by atoms with Gasteiger partial charge in [0.25, 0.3) is 12.3 Å². The molecule has 2 heterocycles. The minimum atomic E-state index is -2.72. The number of aromatic nitrogens is 3. The van der Waals surface area contributed by atoms with Crippen molar-refractivity contribution in [3.63, 3.8) is 0 Å². The Morgan fingerprint density at radius 3 is 2.46 bits per heavy atom. The van der Waals surface area contributed by atoms with Crippen LogP contribution in [0.5, 0.6) is 0 Å². The predicted octanol–water partition coefficient (Wildman–Crippen LogP) is 5.10. The highest BCUT2D eigenvalue weighted by molar-refractivity contribution is 6.35. The Morgan fingerprint density at radius 1 is 1.15 bits per heavy atom. The lowest BCUT2D eigenvalue weighted by Gasteiger charge is -2.06. The number of alkyl halides is 2. The van der Waals surface area contributed by atoms with Crippen molar-refractivity contribution in [3.05, 3.63) is 57.5 Å². The Morgan fingerprint density at radius 2 is 1.85 bits per heavy atom. The Bertz CT molecular complexity index is 997. The fourth-order valence-corrected chi connectivity index (χ4v) is 3.22. The van der Waals surface area contributed by atoms with Gasteiger partial charge in [-0.15, -0.1) is 0 Å². The number of halogens is 4. The molecule has 26 heavy (non-hydrogen) atoms. The number of nitrogens with zero attached hydrogens (tertiary/aromatic N) is 3. The maximum absolute atomic E-state index is 13.4. The fraction of sp³-hybridized carbons (Fsp3) is 0.235. The topological polar surface area (TPSA) is 59.3 Å². The third kappa shape index (κ3) is 3.37. The lowest BCUT2D eigenvalue weighted by Crippen LogP contribution is -2.13. The third-order valence-electron chi connectivity index (χ3n) is 4.05. The number of amides is 1. The van der Waals surface area contributed by atoms with Crippen molar-refractivity contribution >= 4 is 40.4 Å². The van der Waals surface area contributed by atoms with E-state index in [1.165, 1.54) is 30.3 Å². The second-order valence-corrected chi connectivity index (χ2v) is 6.97. The largest absolute Gasteiger partial charge is 0.320 e. The third-order valence-corrected chi connectivity index (χ3v) is 4.48. The molecule has 1 amide bonds. The first-order valence-electron chi connectivity index (χ1n) is 7.87. The Kier molecular flexibility index (Phi) is 4.28. The molecule has 0 aliphatic heterocycles. The van der Waals surface area contributed by atoms with E-state index in [2.05, 4.69) is 15.4 Å². The summed E-state index contributed by atoms with van der Waals surface area (Å²) in [5.41, 5.74) is 0.913. The Labute approximate surface area is 156 Å². The van der Waals surface area contributed by atoms with Crippen molar-refractivity contribution in [1.29, 1.82) is 0 Å². The molecule has 5 nitrogen and oxygen atoms in total. The van der Waals surface area contributed by atoms with E-state index in [0.717, 1.165) is 17.4 Å². The number of anilines is 1. The van der Waals surface area contributed by atoms with E-state index in [1.54, 1.807) is 0 Å². The highest BCUT2D eigenvalue weighted by Gasteiger charge is 2.28. The quantitative estimate of drug-likeness (QED) is 0.666. The maximum atomic E-state index is 13.4. The number of hydrogen-bond donors (Lipinski definition) is 1. The van der Waals surface area contributed by atoms with Gasteiger partial charge in [-0.2, -0.15) is 5.10 Å². The van der Waals surface area contributed by atoms with Gasteiger partial charge in [-0.05, 0) is 37.1 Å². The predicted molar refractivity (Wildman–Crippen MR) is 94.3 cm³/mol. The van der Waals surface area contributed by atoms with Crippen LogP contribution in [-0.2, 0) is 0 Å². The zero-order valence-electron chi connectivity index (χ0n) is 13.2. The summed E-state index contributed by atoms with van der Waals surface area (Å²) in [4.78, 5) is 16.8.